The zero-order valence-corrected chi connectivity index (χ0v) is 14.2. The van der Waals surface area contributed by atoms with Gasteiger partial charge in [0.1, 0.15) is 0 Å². The third kappa shape index (κ3) is 3.70. The Bertz CT molecular complexity index is 675. The van der Waals surface area contributed by atoms with E-state index in [2.05, 4.69) is 21.2 Å². The van der Waals surface area contributed by atoms with Gasteiger partial charge in [0.15, 0.2) is 0 Å². The maximum Gasteiger partial charge on any atom is 0.0818 e. The second-order valence-corrected chi connectivity index (χ2v) is 7.53. The fourth-order valence-electron chi connectivity index (χ4n) is 2.78. The first kappa shape index (κ1) is 15.6. The number of nitrogens with zero attached hydrogens (tertiary/aromatic N) is 2. The molecule has 0 fully saturated rings. The highest BCUT2D eigenvalue weighted by atomic mass is 35.5. The van der Waals surface area contributed by atoms with Gasteiger partial charge in [-0.25, -0.2) is 0 Å². The Labute approximate surface area is 138 Å². The smallest absolute Gasteiger partial charge is 0.0818 e. The van der Waals surface area contributed by atoms with E-state index in [0.717, 1.165) is 29.9 Å². The molecular formula is C16H20ClN3OS. The minimum absolute atomic E-state index is 0.546. The highest BCUT2D eigenvalue weighted by Crippen LogP contribution is 2.24. The summed E-state index contributed by atoms with van der Waals surface area (Å²) in [4.78, 5) is 0. The second kappa shape index (κ2) is 6.84. The Morgan fingerprint density at radius 3 is 3.00 bits per heavy atom. The summed E-state index contributed by atoms with van der Waals surface area (Å²) in [5, 5.41) is 8.65. The first-order valence-electron chi connectivity index (χ1n) is 7.50. The van der Waals surface area contributed by atoms with Crippen LogP contribution in [-0.2, 0) is 36.1 Å². The van der Waals surface area contributed by atoms with Gasteiger partial charge >= 0.3 is 0 Å². The molecule has 118 valence electrons. The number of hydrogen-bond donors (Lipinski definition) is 1. The Balaban J connectivity index is 1.70. The number of nitrogens with one attached hydrogen (secondary N) is 1. The minimum Gasteiger partial charge on any atom is -0.378 e. The lowest BCUT2D eigenvalue weighted by molar-refractivity contribution is 0.484. The van der Waals surface area contributed by atoms with Crippen molar-refractivity contribution in [1.29, 1.82) is 0 Å². The SMILES string of the molecule is CS(=O)Cc1ccc(Cl)c(NCc2cc3n(n2)CCCC3)c1. The van der Waals surface area contributed by atoms with Crippen LogP contribution in [0.15, 0.2) is 24.3 Å². The number of benzene rings is 1. The average Bonchev–Trinajstić information content (AvgIpc) is 2.90. The third-order valence-corrected chi connectivity index (χ3v) is 4.90. The zero-order valence-electron chi connectivity index (χ0n) is 12.6. The molecule has 1 aromatic heterocycles. The maximum absolute atomic E-state index is 11.3. The van der Waals surface area contributed by atoms with Crippen LogP contribution in [0.1, 0.15) is 29.8 Å². The molecule has 0 aliphatic carbocycles. The summed E-state index contributed by atoms with van der Waals surface area (Å²) in [5.41, 5.74) is 4.26. The highest BCUT2D eigenvalue weighted by molar-refractivity contribution is 7.83. The molecule has 0 spiro atoms. The minimum atomic E-state index is -0.853. The molecule has 0 bridgehead atoms. The molecule has 0 saturated heterocycles. The molecule has 3 rings (SSSR count). The largest absolute Gasteiger partial charge is 0.378 e. The molecule has 2 heterocycles. The van der Waals surface area contributed by atoms with Crippen LogP contribution < -0.4 is 5.32 Å². The van der Waals surface area contributed by atoms with Crippen molar-refractivity contribution in [3.63, 3.8) is 0 Å². The van der Waals surface area contributed by atoms with Gasteiger partial charge in [-0.3, -0.25) is 8.89 Å². The lowest BCUT2D eigenvalue weighted by Crippen LogP contribution is -2.11. The highest BCUT2D eigenvalue weighted by Gasteiger charge is 2.12. The van der Waals surface area contributed by atoms with Crippen molar-refractivity contribution in [2.45, 2.75) is 38.1 Å². The van der Waals surface area contributed by atoms with E-state index in [-0.39, 0.29) is 0 Å². The van der Waals surface area contributed by atoms with Gasteiger partial charge in [0.25, 0.3) is 0 Å². The van der Waals surface area contributed by atoms with Gasteiger partial charge in [0.2, 0.25) is 0 Å². The summed E-state index contributed by atoms with van der Waals surface area (Å²) in [6.45, 7) is 1.67. The van der Waals surface area contributed by atoms with Crippen LogP contribution in [0.3, 0.4) is 0 Å². The first-order valence-corrected chi connectivity index (χ1v) is 9.60. The molecule has 1 unspecified atom stereocenters. The van der Waals surface area contributed by atoms with Crippen LogP contribution >= 0.6 is 11.6 Å². The van der Waals surface area contributed by atoms with Gasteiger partial charge in [-0.05, 0) is 43.0 Å². The summed E-state index contributed by atoms with van der Waals surface area (Å²) < 4.78 is 13.5. The van der Waals surface area contributed by atoms with Crippen molar-refractivity contribution in [2.24, 2.45) is 0 Å². The number of aryl methyl sites for hydroxylation is 2. The standard InChI is InChI=1S/C16H20ClN3OS/c1-22(21)11-12-5-6-15(17)16(8-12)18-10-13-9-14-4-2-3-7-20(14)19-13/h5-6,8-9,18H,2-4,7,10-11H2,1H3. The molecule has 1 N–H and O–H groups in total. The van der Waals surface area contributed by atoms with Crippen molar-refractivity contribution < 1.29 is 4.21 Å². The van der Waals surface area contributed by atoms with Gasteiger partial charge in [0, 0.05) is 35.0 Å². The Morgan fingerprint density at radius 1 is 1.36 bits per heavy atom. The fraction of sp³-hybridized carbons (Fsp3) is 0.438. The van der Waals surface area contributed by atoms with Crippen LogP contribution in [0.2, 0.25) is 5.02 Å². The molecule has 1 atom stereocenters. The lowest BCUT2D eigenvalue weighted by atomic mass is 10.1. The molecule has 2 aromatic rings. The Hall–Kier alpha value is -1.33. The van der Waals surface area contributed by atoms with Crippen LogP contribution in [0, 0.1) is 0 Å². The molecule has 0 saturated carbocycles. The van der Waals surface area contributed by atoms with E-state index in [1.165, 1.54) is 18.5 Å². The molecule has 1 aromatic carbocycles. The van der Waals surface area contributed by atoms with E-state index in [4.69, 9.17) is 11.6 Å². The van der Waals surface area contributed by atoms with Crippen molar-refractivity contribution in [1.82, 2.24) is 9.78 Å². The molecule has 4 nitrogen and oxygen atoms in total. The zero-order chi connectivity index (χ0) is 15.5. The topological polar surface area (TPSA) is 46.9 Å². The molecule has 1 aliphatic heterocycles. The molecule has 0 radical (unpaired) electrons. The number of rotatable bonds is 5. The summed E-state index contributed by atoms with van der Waals surface area (Å²) in [6, 6.07) is 7.92. The molecule has 6 heteroatoms. The van der Waals surface area contributed by atoms with Crippen LogP contribution in [-0.4, -0.2) is 20.2 Å². The average molecular weight is 338 g/mol. The molecule has 22 heavy (non-hydrogen) atoms. The monoisotopic (exact) mass is 337 g/mol. The number of hydrogen-bond acceptors (Lipinski definition) is 3. The summed E-state index contributed by atoms with van der Waals surface area (Å²) in [7, 11) is -0.853. The fourth-order valence-corrected chi connectivity index (χ4v) is 3.62. The number of halogens is 1. The predicted molar refractivity (Wildman–Crippen MR) is 91.7 cm³/mol. The number of anilines is 1. The summed E-state index contributed by atoms with van der Waals surface area (Å²) in [6.07, 6.45) is 5.28. The van der Waals surface area contributed by atoms with Gasteiger partial charge in [0.05, 0.1) is 22.9 Å². The van der Waals surface area contributed by atoms with Crippen molar-refractivity contribution in [3.8, 4) is 0 Å². The quantitative estimate of drug-likeness (QED) is 0.910. The maximum atomic E-state index is 11.3. The van der Waals surface area contributed by atoms with E-state index in [1.807, 2.05) is 18.2 Å². The van der Waals surface area contributed by atoms with Crippen molar-refractivity contribution in [3.05, 3.63) is 46.2 Å². The van der Waals surface area contributed by atoms with Crippen LogP contribution in [0.4, 0.5) is 5.69 Å². The van der Waals surface area contributed by atoms with Gasteiger partial charge in [-0.1, -0.05) is 17.7 Å². The van der Waals surface area contributed by atoms with E-state index in [9.17, 15) is 4.21 Å². The van der Waals surface area contributed by atoms with Gasteiger partial charge in [-0.15, -0.1) is 0 Å². The summed E-state index contributed by atoms with van der Waals surface area (Å²) >= 11 is 6.24. The summed E-state index contributed by atoms with van der Waals surface area (Å²) in [5.74, 6) is 0.546. The number of fused-ring (bicyclic) bond motifs is 1. The van der Waals surface area contributed by atoms with E-state index >= 15 is 0 Å². The van der Waals surface area contributed by atoms with E-state index in [0.29, 0.717) is 17.3 Å². The Kier molecular flexibility index (Phi) is 4.84. The second-order valence-electron chi connectivity index (χ2n) is 5.69. The van der Waals surface area contributed by atoms with Crippen molar-refractivity contribution >= 4 is 28.1 Å². The Morgan fingerprint density at radius 2 is 2.23 bits per heavy atom. The van der Waals surface area contributed by atoms with E-state index in [1.54, 1.807) is 6.26 Å². The predicted octanol–water partition coefficient (Wildman–Crippen LogP) is 3.36. The van der Waals surface area contributed by atoms with E-state index < -0.39 is 10.8 Å². The van der Waals surface area contributed by atoms with Gasteiger partial charge in [-0.2, -0.15) is 5.10 Å². The van der Waals surface area contributed by atoms with Crippen LogP contribution in [0.25, 0.3) is 0 Å². The number of aromatic nitrogens is 2. The normalized spacial score (nSPS) is 15.4. The third-order valence-electron chi connectivity index (χ3n) is 3.83. The van der Waals surface area contributed by atoms with Gasteiger partial charge < -0.3 is 5.32 Å². The molecular weight excluding hydrogens is 318 g/mol. The first-order chi connectivity index (χ1) is 10.6. The van der Waals surface area contributed by atoms with Crippen molar-refractivity contribution in [2.75, 3.05) is 11.6 Å². The molecule has 0 amide bonds. The lowest BCUT2D eigenvalue weighted by Gasteiger charge is -2.11. The molecule has 1 aliphatic rings. The van der Waals surface area contributed by atoms with Crippen LogP contribution in [0.5, 0.6) is 0 Å².